The largest absolute Gasteiger partial charge is 0.481 e. The number of nitrogens with one attached hydrogen (secondary N) is 4. The van der Waals surface area contributed by atoms with E-state index in [0.29, 0.717) is 83.3 Å². The Morgan fingerprint density at radius 3 is 2.23 bits per heavy atom. The standard InChI is InChI=1S/C57H65N9O17/c1-5-57(78)39-24-43-50-37(27-66(43)54(75)38(39)29-80-55(57)76)36(35-23-44-45(83-30-82-44)25-41(35)61-50)26-64(17-16-63-18-20-79-21-19-63)56(77)81-28-33-6-8-34(9-7-33)59-52(73)40(10-13-49(70)71)62-51(72)32(4)58-53(74)42(22-31(2)3)60-46(67)14-15-65-47(68)11-12-48(65)69/h6-9,11-12,23-25,31-32,40,42,78H,5,10,13-22,26-30H2,1-4H3,(H,58,74)(H,59,73)(H,60,67)(H,62,72)(H,70,71)/t32-,40-,42+,57-/m0/s1. The highest BCUT2D eigenvalue weighted by molar-refractivity contribution is 6.13. The van der Waals surface area contributed by atoms with Crippen molar-refractivity contribution in [1.29, 1.82) is 0 Å². The first kappa shape index (κ1) is 58.9. The van der Waals surface area contributed by atoms with Crippen LogP contribution in [0.2, 0.25) is 0 Å². The van der Waals surface area contributed by atoms with Gasteiger partial charge in [-0.25, -0.2) is 14.6 Å². The number of benzene rings is 2. The molecule has 0 saturated carbocycles. The highest BCUT2D eigenvalue weighted by atomic mass is 16.7. The van der Waals surface area contributed by atoms with Crippen LogP contribution in [0.25, 0.3) is 22.3 Å². The number of carbonyl (C=O) groups excluding carboxylic acids is 8. The minimum atomic E-state index is -2.05. The van der Waals surface area contributed by atoms with E-state index >= 15 is 0 Å². The molecule has 4 aromatic rings. The molecule has 83 heavy (non-hydrogen) atoms. The van der Waals surface area contributed by atoms with E-state index in [9.17, 15) is 58.2 Å². The lowest BCUT2D eigenvalue weighted by Crippen LogP contribution is -2.55. The number of hydrogen-bond donors (Lipinski definition) is 6. The molecule has 0 spiro atoms. The van der Waals surface area contributed by atoms with Gasteiger partial charge in [0.15, 0.2) is 17.1 Å². The maximum absolute atomic E-state index is 14.5. The summed E-state index contributed by atoms with van der Waals surface area (Å²) < 4.78 is 29.9. The zero-order chi connectivity index (χ0) is 59.3. The number of pyridine rings is 2. The molecule has 1 fully saturated rings. The van der Waals surface area contributed by atoms with E-state index in [-0.39, 0.29) is 94.6 Å². The van der Waals surface area contributed by atoms with Gasteiger partial charge in [0, 0.05) is 86.0 Å². The van der Waals surface area contributed by atoms with Gasteiger partial charge in [0.25, 0.3) is 17.4 Å². The summed E-state index contributed by atoms with van der Waals surface area (Å²) >= 11 is 0. The number of fused-ring (bicyclic) bond motifs is 6. The fourth-order valence-corrected chi connectivity index (χ4v) is 10.4. The Hall–Kier alpha value is -8.75. The van der Waals surface area contributed by atoms with E-state index in [1.807, 2.05) is 13.8 Å². The minimum Gasteiger partial charge on any atom is -0.481 e. The fourth-order valence-electron chi connectivity index (χ4n) is 10.4. The second-order valence-corrected chi connectivity index (χ2v) is 21.2. The number of anilines is 1. The second kappa shape index (κ2) is 25.2. The third-order valence-electron chi connectivity index (χ3n) is 15.1. The van der Waals surface area contributed by atoms with Gasteiger partial charge in [-0.2, -0.15) is 0 Å². The van der Waals surface area contributed by atoms with Crippen LogP contribution in [-0.2, 0) is 84.5 Å². The van der Waals surface area contributed by atoms with Crippen molar-refractivity contribution in [3.63, 3.8) is 0 Å². The molecule has 7 amide bonds. The Morgan fingerprint density at radius 1 is 0.831 bits per heavy atom. The van der Waals surface area contributed by atoms with Crippen molar-refractivity contribution in [3.8, 4) is 22.9 Å². The number of carboxylic acids is 1. The number of esters is 1. The van der Waals surface area contributed by atoms with Crippen molar-refractivity contribution < 1.29 is 77.0 Å². The van der Waals surface area contributed by atoms with Gasteiger partial charge in [-0.3, -0.25) is 48.2 Å². The molecule has 6 N–H and O–H groups in total. The van der Waals surface area contributed by atoms with E-state index in [0.717, 1.165) is 17.1 Å². The number of aromatic nitrogens is 2. The first-order chi connectivity index (χ1) is 39.7. The molecule has 5 aliphatic heterocycles. The smallest absolute Gasteiger partial charge is 0.410 e. The molecule has 0 bridgehead atoms. The Morgan fingerprint density at radius 2 is 1.54 bits per heavy atom. The molecular formula is C57H65N9O17. The molecule has 2 aromatic carbocycles. The highest BCUT2D eigenvalue weighted by Crippen LogP contribution is 2.43. The topological polar surface area (TPSA) is 333 Å². The summed E-state index contributed by atoms with van der Waals surface area (Å²) in [6.07, 6.45) is 0.566. The van der Waals surface area contributed by atoms with Crippen molar-refractivity contribution in [3.05, 3.63) is 92.8 Å². The van der Waals surface area contributed by atoms with Gasteiger partial charge < -0.3 is 64.6 Å². The van der Waals surface area contributed by atoms with Gasteiger partial charge in [-0.1, -0.05) is 32.9 Å². The van der Waals surface area contributed by atoms with Crippen LogP contribution in [0, 0.1) is 5.92 Å². The molecule has 0 unspecified atom stereocenters. The predicted octanol–water partition coefficient (Wildman–Crippen LogP) is 1.92. The molecule has 2 aromatic heterocycles. The van der Waals surface area contributed by atoms with Gasteiger partial charge in [-0.15, -0.1) is 0 Å². The van der Waals surface area contributed by atoms with Crippen molar-refractivity contribution in [2.75, 3.05) is 58.0 Å². The first-order valence-corrected chi connectivity index (χ1v) is 27.4. The number of rotatable bonds is 23. The number of imide groups is 1. The Bertz CT molecular complexity index is 3340. The number of carboxylic acid groups (broad SMARTS) is 1. The van der Waals surface area contributed by atoms with Crippen LogP contribution in [0.15, 0.2) is 59.4 Å². The zero-order valence-electron chi connectivity index (χ0n) is 46.3. The SMILES string of the molecule is CC[C@@]1(O)C(=O)OCc2c1cc1n(c2=O)Cc2c-1nc1cc3c(cc1c2CN(CCN1CCOCC1)C(=O)OCc1ccc(NC(=O)[C@H](CCC(=O)O)NC(=O)[C@H](C)NC(=O)[C@@H](CC(C)C)NC(=O)CCN2C(=O)C=CC2=O)cc1)OCO3. The van der Waals surface area contributed by atoms with Gasteiger partial charge in [-0.05, 0) is 67.5 Å². The number of nitrogens with zero attached hydrogens (tertiary/aromatic N) is 5. The predicted molar refractivity (Wildman–Crippen MR) is 292 cm³/mol. The van der Waals surface area contributed by atoms with E-state index in [2.05, 4.69) is 26.2 Å². The van der Waals surface area contributed by atoms with Crippen LogP contribution in [0.3, 0.4) is 0 Å². The number of cyclic esters (lactones) is 1. The molecule has 7 heterocycles. The normalized spacial score (nSPS) is 18.0. The van der Waals surface area contributed by atoms with Gasteiger partial charge >= 0.3 is 18.0 Å². The van der Waals surface area contributed by atoms with Crippen LogP contribution < -0.4 is 36.3 Å². The van der Waals surface area contributed by atoms with Crippen LogP contribution in [-0.4, -0.2) is 159 Å². The number of hydrogen-bond acceptors (Lipinski definition) is 18. The van der Waals surface area contributed by atoms with E-state index in [1.165, 1.54) is 23.6 Å². The second-order valence-electron chi connectivity index (χ2n) is 21.2. The first-order valence-electron chi connectivity index (χ1n) is 27.4. The van der Waals surface area contributed by atoms with Crippen molar-refractivity contribution in [1.82, 2.24) is 40.2 Å². The number of carbonyl (C=O) groups is 9. The summed E-state index contributed by atoms with van der Waals surface area (Å²) in [5.74, 6) is -5.27. The van der Waals surface area contributed by atoms with Crippen molar-refractivity contribution in [2.24, 2.45) is 5.92 Å². The number of morpholine rings is 1. The number of amides is 7. The molecular weight excluding hydrogens is 1080 g/mol. The number of aliphatic hydroxyl groups is 1. The van der Waals surface area contributed by atoms with E-state index < -0.39 is 89.2 Å². The molecule has 9 rings (SSSR count). The fraction of sp³-hybridized carbons (Fsp3) is 0.456. The van der Waals surface area contributed by atoms with Crippen LogP contribution in [0.1, 0.15) is 87.6 Å². The maximum atomic E-state index is 14.5. The molecule has 4 atom stereocenters. The lowest BCUT2D eigenvalue weighted by Gasteiger charge is -2.31. The molecule has 5 aliphatic rings. The van der Waals surface area contributed by atoms with Crippen LogP contribution in [0.4, 0.5) is 10.5 Å². The van der Waals surface area contributed by atoms with Crippen LogP contribution in [0.5, 0.6) is 11.5 Å². The zero-order valence-corrected chi connectivity index (χ0v) is 46.3. The summed E-state index contributed by atoms with van der Waals surface area (Å²) in [7, 11) is 0. The maximum Gasteiger partial charge on any atom is 0.410 e. The van der Waals surface area contributed by atoms with Crippen molar-refractivity contribution >= 4 is 70.1 Å². The highest BCUT2D eigenvalue weighted by Gasteiger charge is 2.46. The Kier molecular flexibility index (Phi) is 17.9. The average molecular weight is 1150 g/mol. The third kappa shape index (κ3) is 13.1. The molecule has 1 saturated heterocycles. The van der Waals surface area contributed by atoms with Gasteiger partial charge in [0.1, 0.15) is 31.3 Å². The molecule has 0 aliphatic carbocycles. The quantitative estimate of drug-likeness (QED) is 0.0402. The number of ether oxygens (including phenoxy) is 5. The Labute approximate surface area is 475 Å². The molecule has 26 nitrogen and oxygen atoms in total. The lowest BCUT2D eigenvalue weighted by molar-refractivity contribution is -0.172. The average Bonchev–Trinajstić information content (AvgIpc) is 3.32. The third-order valence-corrected chi connectivity index (χ3v) is 15.1. The minimum absolute atomic E-state index is 0.00714. The van der Waals surface area contributed by atoms with Gasteiger partial charge in [0.2, 0.25) is 30.4 Å². The summed E-state index contributed by atoms with van der Waals surface area (Å²) in [4.78, 5) is 140. The summed E-state index contributed by atoms with van der Waals surface area (Å²) in [6, 6.07) is 7.70. The molecule has 26 heteroatoms. The van der Waals surface area contributed by atoms with Crippen molar-refractivity contribution in [2.45, 2.75) is 110 Å². The summed E-state index contributed by atoms with van der Waals surface area (Å²) in [6.45, 7) is 8.95. The molecule has 0 radical (unpaired) electrons. The lowest BCUT2D eigenvalue weighted by atomic mass is 9.86. The monoisotopic (exact) mass is 1150 g/mol. The number of aliphatic carboxylic acids is 1. The van der Waals surface area contributed by atoms with Gasteiger partial charge in [0.05, 0.1) is 48.8 Å². The summed E-state index contributed by atoms with van der Waals surface area (Å²) in [5.41, 5.74) is 1.17. The summed E-state index contributed by atoms with van der Waals surface area (Å²) in [5, 5.41) is 32.0. The molecule has 440 valence electrons. The van der Waals surface area contributed by atoms with Crippen LogP contribution >= 0.6 is 0 Å². The van der Waals surface area contributed by atoms with E-state index in [4.69, 9.17) is 28.7 Å². The van der Waals surface area contributed by atoms with E-state index in [1.54, 1.807) is 42.2 Å². The Balaban J connectivity index is 0.876.